The first-order valence-corrected chi connectivity index (χ1v) is 9.98. The smallest absolute Gasteiger partial charge is 0.408 e. The molecule has 0 aliphatic heterocycles. The molecule has 2 N–H and O–H groups in total. The van der Waals surface area contributed by atoms with Crippen LogP contribution in [0.4, 0.5) is 4.79 Å². The monoisotopic (exact) mass is 455 g/mol. The van der Waals surface area contributed by atoms with Gasteiger partial charge in [0.25, 0.3) is 0 Å². The molecule has 0 saturated heterocycles. The minimum absolute atomic E-state index is 0.287. The Bertz CT molecular complexity index is 1160. The number of carbonyl (C=O) groups excluding carboxylic acids is 1. The van der Waals surface area contributed by atoms with Gasteiger partial charge in [-0.1, -0.05) is 12.1 Å². The maximum Gasteiger partial charge on any atom is 0.408 e. The summed E-state index contributed by atoms with van der Waals surface area (Å²) in [4.78, 5) is 32.1. The number of nitrogens with zero attached hydrogens (tertiary/aromatic N) is 2. The van der Waals surface area contributed by atoms with Crippen molar-refractivity contribution in [2.75, 3.05) is 14.2 Å². The summed E-state index contributed by atoms with van der Waals surface area (Å²) in [7, 11) is 3.06. The van der Waals surface area contributed by atoms with E-state index in [1.165, 1.54) is 20.5 Å². The second-order valence-electron chi connectivity index (χ2n) is 7.99. The van der Waals surface area contributed by atoms with Crippen LogP contribution in [-0.4, -0.2) is 47.0 Å². The van der Waals surface area contributed by atoms with Gasteiger partial charge in [0.2, 0.25) is 5.88 Å². The molecular formula is C23H25N3O7. The zero-order valence-electron chi connectivity index (χ0n) is 18.9. The highest BCUT2D eigenvalue weighted by Gasteiger charge is 2.25. The second-order valence-corrected chi connectivity index (χ2v) is 7.99. The van der Waals surface area contributed by atoms with Gasteiger partial charge in [-0.2, -0.15) is 0 Å². The number of rotatable bonds is 7. The van der Waals surface area contributed by atoms with E-state index in [1.807, 2.05) is 0 Å². The molecular weight excluding hydrogens is 430 g/mol. The fourth-order valence-electron chi connectivity index (χ4n) is 2.99. The van der Waals surface area contributed by atoms with Gasteiger partial charge < -0.3 is 29.4 Å². The molecule has 0 bridgehead atoms. The molecule has 0 fully saturated rings. The number of carboxylic acids is 1. The van der Waals surface area contributed by atoms with E-state index in [0.29, 0.717) is 33.7 Å². The van der Waals surface area contributed by atoms with Crippen molar-refractivity contribution in [2.24, 2.45) is 0 Å². The Kier molecular flexibility index (Phi) is 6.86. The number of ether oxygens (including phenoxy) is 4. The van der Waals surface area contributed by atoms with Gasteiger partial charge >= 0.3 is 12.1 Å². The standard InChI is InChI=1S/C23H25N3O7/c1-23(2,3)33-22(29)26-19(21(27)28)13-6-8-14(9-7-13)32-20-15-10-17(30-4)18(31-5)11-16(15)24-12-25-20/h6-12,19H,1-5H3,(H,26,29)(H,27,28)/t19-/m0/s1. The number of nitrogens with one attached hydrogen (secondary N) is 1. The van der Waals surface area contributed by atoms with Crippen molar-refractivity contribution in [3.63, 3.8) is 0 Å². The molecule has 1 amide bonds. The van der Waals surface area contributed by atoms with Crippen molar-refractivity contribution in [3.05, 3.63) is 48.3 Å². The molecule has 33 heavy (non-hydrogen) atoms. The fraction of sp³-hybridized carbons (Fsp3) is 0.304. The zero-order valence-corrected chi connectivity index (χ0v) is 18.9. The SMILES string of the molecule is COc1cc2ncnc(Oc3ccc([C@H](NC(=O)OC(C)(C)C)C(=O)O)cc3)c2cc1OC. The lowest BCUT2D eigenvalue weighted by molar-refractivity contribution is -0.139. The van der Waals surface area contributed by atoms with Crippen LogP contribution in [0.1, 0.15) is 32.4 Å². The summed E-state index contributed by atoms with van der Waals surface area (Å²) in [6.45, 7) is 5.07. The van der Waals surface area contributed by atoms with E-state index in [1.54, 1.807) is 57.2 Å². The van der Waals surface area contributed by atoms with Crippen molar-refractivity contribution >= 4 is 23.0 Å². The van der Waals surface area contributed by atoms with Gasteiger partial charge in [0.1, 0.15) is 17.7 Å². The first-order chi connectivity index (χ1) is 15.6. The third-order valence-electron chi connectivity index (χ3n) is 4.44. The van der Waals surface area contributed by atoms with Crippen LogP contribution in [0.2, 0.25) is 0 Å². The topological polar surface area (TPSA) is 129 Å². The van der Waals surface area contributed by atoms with Gasteiger partial charge in [0.15, 0.2) is 17.5 Å². The number of amides is 1. The van der Waals surface area contributed by atoms with Gasteiger partial charge in [0.05, 0.1) is 25.1 Å². The molecule has 0 radical (unpaired) electrons. The van der Waals surface area contributed by atoms with Gasteiger partial charge in [-0.3, -0.25) is 0 Å². The summed E-state index contributed by atoms with van der Waals surface area (Å²) in [5.41, 5.74) is 0.194. The van der Waals surface area contributed by atoms with Crippen LogP contribution >= 0.6 is 0 Å². The Morgan fingerprint density at radius 1 is 1.00 bits per heavy atom. The Morgan fingerprint density at radius 2 is 1.64 bits per heavy atom. The summed E-state index contributed by atoms with van der Waals surface area (Å²) >= 11 is 0. The maximum absolute atomic E-state index is 12.0. The molecule has 0 spiro atoms. The fourth-order valence-corrected chi connectivity index (χ4v) is 2.99. The van der Waals surface area contributed by atoms with Crippen LogP contribution in [-0.2, 0) is 9.53 Å². The number of benzene rings is 2. The molecule has 3 rings (SSSR count). The van der Waals surface area contributed by atoms with Crippen LogP contribution in [0.25, 0.3) is 10.9 Å². The third-order valence-corrected chi connectivity index (χ3v) is 4.44. The Balaban J connectivity index is 1.83. The summed E-state index contributed by atoms with van der Waals surface area (Å²) in [6, 6.07) is 8.38. The van der Waals surface area contributed by atoms with Crippen molar-refractivity contribution in [1.82, 2.24) is 15.3 Å². The van der Waals surface area contributed by atoms with Crippen LogP contribution in [0, 0.1) is 0 Å². The van der Waals surface area contributed by atoms with Gasteiger partial charge in [0, 0.05) is 6.07 Å². The highest BCUT2D eigenvalue weighted by atomic mass is 16.6. The number of aliphatic carboxylic acids is 1. The Hall–Kier alpha value is -4.08. The number of carbonyl (C=O) groups is 2. The summed E-state index contributed by atoms with van der Waals surface area (Å²) in [5, 5.41) is 12.5. The number of hydrogen-bond donors (Lipinski definition) is 2. The average Bonchev–Trinajstić information content (AvgIpc) is 2.76. The predicted octanol–water partition coefficient (Wildman–Crippen LogP) is 4.09. The highest BCUT2D eigenvalue weighted by molar-refractivity contribution is 5.87. The number of hydrogen-bond acceptors (Lipinski definition) is 8. The normalized spacial score (nSPS) is 12.0. The minimum atomic E-state index is -1.29. The van der Waals surface area contributed by atoms with Crippen LogP contribution in [0.5, 0.6) is 23.1 Å². The molecule has 0 unspecified atom stereocenters. The number of fused-ring (bicyclic) bond motifs is 1. The lowest BCUT2D eigenvalue weighted by Crippen LogP contribution is -2.38. The largest absolute Gasteiger partial charge is 0.493 e. The minimum Gasteiger partial charge on any atom is -0.493 e. The van der Waals surface area contributed by atoms with Crippen LogP contribution in [0.3, 0.4) is 0 Å². The van der Waals surface area contributed by atoms with Crippen LogP contribution < -0.4 is 19.5 Å². The maximum atomic E-state index is 12.0. The molecule has 0 saturated carbocycles. The number of aromatic nitrogens is 2. The molecule has 1 heterocycles. The van der Waals surface area contributed by atoms with E-state index in [0.717, 1.165) is 0 Å². The van der Waals surface area contributed by atoms with E-state index in [2.05, 4.69) is 15.3 Å². The molecule has 2 aromatic carbocycles. The molecule has 0 aliphatic carbocycles. The van der Waals surface area contributed by atoms with Gasteiger partial charge in [-0.05, 0) is 44.5 Å². The number of alkyl carbamates (subject to hydrolysis) is 1. The van der Waals surface area contributed by atoms with Crippen LogP contribution in [0.15, 0.2) is 42.7 Å². The molecule has 0 aliphatic rings. The summed E-state index contributed by atoms with van der Waals surface area (Å²) in [5.74, 6) is 0.497. The number of methoxy groups -OCH3 is 2. The highest BCUT2D eigenvalue weighted by Crippen LogP contribution is 2.35. The van der Waals surface area contributed by atoms with Gasteiger partial charge in [-0.25, -0.2) is 19.6 Å². The lowest BCUT2D eigenvalue weighted by atomic mass is 10.1. The van der Waals surface area contributed by atoms with E-state index in [9.17, 15) is 14.7 Å². The molecule has 10 heteroatoms. The molecule has 1 atom stereocenters. The van der Waals surface area contributed by atoms with Gasteiger partial charge in [-0.15, -0.1) is 0 Å². The third kappa shape index (κ3) is 5.79. The Labute approximate surface area is 190 Å². The zero-order chi connectivity index (χ0) is 24.2. The second kappa shape index (κ2) is 9.60. The molecule has 1 aromatic heterocycles. The van der Waals surface area contributed by atoms with E-state index in [-0.39, 0.29) is 5.88 Å². The Morgan fingerprint density at radius 3 is 2.21 bits per heavy atom. The molecule has 3 aromatic rings. The quantitative estimate of drug-likeness (QED) is 0.541. The van der Waals surface area contributed by atoms with E-state index in [4.69, 9.17) is 18.9 Å². The summed E-state index contributed by atoms with van der Waals surface area (Å²) in [6.07, 6.45) is 0.537. The van der Waals surface area contributed by atoms with Crippen molar-refractivity contribution in [3.8, 4) is 23.1 Å². The lowest BCUT2D eigenvalue weighted by Gasteiger charge is -2.22. The van der Waals surface area contributed by atoms with Crippen molar-refractivity contribution < 1.29 is 33.6 Å². The van der Waals surface area contributed by atoms with Crippen molar-refractivity contribution in [2.45, 2.75) is 32.4 Å². The molecule has 10 nitrogen and oxygen atoms in total. The average molecular weight is 455 g/mol. The van der Waals surface area contributed by atoms with E-state index < -0.39 is 23.7 Å². The first-order valence-electron chi connectivity index (χ1n) is 9.98. The first kappa shape index (κ1) is 23.6. The molecule has 174 valence electrons. The van der Waals surface area contributed by atoms with E-state index >= 15 is 0 Å². The number of carboxylic acid groups (broad SMARTS) is 1. The van der Waals surface area contributed by atoms with Crippen molar-refractivity contribution in [1.29, 1.82) is 0 Å². The summed E-state index contributed by atoms with van der Waals surface area (Å²) < 4.78 is 21.7. The predicted molar refractivity (Wildman–Crippen MR) is 119 cm³/mol.